The number of carbonyl (C=O) groups excluding carboxylic acids is 2. The van der Waals surface area contributed by atoms with E-state index in [2.05, 4.69) is 15.6 Å². The lowest BCUT2D eigenvalue weighted by Crippen LogP contribution is -2.43. The predicted molar refractivity (Wildman–Crippen MR) is 68.4 cm³/mol. The standard InChI is InChI=1S/C13H18N4O3/c18-11-9-10(13(20-11)3-1-2-4-13)12(19)14-5-7-17-8-6-15-16-17/h6,8,10H,1-5,7,9H2,(H,14,19). The fourth-order valence-corrected chi connectivity index (χ4v) is 3.22. The van der Waals surface area contributed by atoms with E-state index in [1.54, 1.807) is 17.1 Å². The minimum Gasteiger partial charge on any atom is -0.458 e. The van der Waals surface area contributed by atoms with Crippen LogP contribution in [0.2, 0.25) is 0 Å². The fraction of sp³-hybridized carbons (Fsp3) is 0.692. The van der Waals surface area contributed by atoms with Gasteiger partial charge in [-0.3, -0.25) is 14.3 Å². The molecular formula is C13H18N4O3. The van der Waals surface area contributed by atoms with Gasteiger partial charge in [-0.15, -0.1) is 5.10 Å². The van der Waals surface area contributed by atoms with Crippen molar-refractivity contribution in [1.29, 1.82) is 0 Å². The van der Waals surface area contributed by atoms with E-state index in [4.69, 9.17) is 4.74 Å². The molecule has 1 atom stereocenters. The zero-order valence-corrected chi connectivity index (χ0v) is 11.2. The Bertz CT molecular complexity index is 494. The maximum absolute atomic E-state index is 12.3. The van der Waals surface area contributed by atoms with Gasteiger partial charge in [0, 0.05) is 12.7 Å². The molecule has 7 nitrogen and oxygen atoms in total. The van der Waals surface area contributed by atoms with E-state index >= 15 is 0 Å². The van der Waals surface area contributed by atoms with Gasteiger partial charge in [0.15, 0.2) is 0 Å². The van der Waals surface area contributed by atoms with Crippen LogP contribution in [-0.4, -0.2) is 39.0 Å². The molecule has 7 heteroatoms. The molecule has 1 unspecified atom stereocenters. The molecule has 3 rings (SSSR count). The first-order valence-electron chi connectivity index (χ1n) is 7.03. The lowest BCUT2D eigenvalue weighted by Gasteiger charge is -2.27. The molecule has 1 aromatic rings. The second-order valence-electron chi connectivity index (χ2n) is 5.46. The first kappa shape index (κ1) is 13.1. The zero-order valence-electron chi connectivity index (χ0n) is 11.2. The largest absolute Gasteiger partial charge is 0.458 e. The number of esters is 1. The Hall–Kier alpha value is -1.92. The van der Waals surface area contributed by atoms with Crippen LogP contribution in [0.1, 0.15) is 32.1 Å². The van der Waals surface area contributed by atoms with E-state index in [-0.39, 0.29) is 24.2 Å². The number of hydrogen-bond acceptors (Lipinski definition) is 5. The number of ether oxygens (including phenoxy) is 1. The van der Waals surface area contributed by atoms with Crippen LogP contribution in [0.25, 0.3) is 0 Å². The average molecular weight is 278 g/mol. The molecule has 1 saturated carbocycles. The molecule has 1 aliphatic carbocycles. The number of amides is 1. The van der Waals surface area contributed by atoms with E-state index in [9.17, 15) is 9.59 Å². The summed E-state index contributed by atoms with van der Waals surface area (Å²) in [7, 11) is 0. The molecule has 1 aliphatic heterocycles. The minimum absolute atomic E-state index is 0.0853. The highest BCUT2D eigenvalue weighted by Gasteiger charge is 2.53. The normalized spacial score (nSPS) is 24.0. The molecule has 108 valence electrons. The SMILES string of the molecule is O=C1CC(C(=O)NCCn2ccnn2)C2(CCCC2)O1. The molecule has 1 spiro atoms. The van der Waals surface area contributed by atoms with Gasteiger partial charge in [0.2, 0.25) is 5.91 Å². The monoisotopic (exact) mass is 278 g/mol. The van der Waals surface area contributed by atoms with Gasteiger partial charge in [0.25, 0.3) is 0 Å². The molecule has 1 N–H and O–H groups in total. The van der Waals surface area contributed by atoms with Crippen LogP contribution in [0.3, 0.4) is 0 Å². The summed E-state index contributed by atoms with van der Waals surface area (Å²) in [5, 5.41) is 10.4. The molecule has 2 heterocycles. The molecule has 20 heavy (non-hydrogen) atoms. The molecule has 0 bridgehead atoms. The average Bonchev–Trinajstić information content (AvgIpc) is 3.12. The van der Waals surface area contributed by atoms with Crippen molar-refractivity contribution in [1.82, 2.24) is 20.3 Å². The Morgan fingerprint density at radius 3 is 3.00 bits per heavy atom. The van der Waals surface area contributed by atoms with Crippen molar-refractivity contribution in [3.63, 3.8) is 0 Å². The van der Waals surface area contributed by atoms with Gasteiger partial charge in [-0.05, 0) is 25.7 Å². The van der Waals surface area contributed by atoms with E-state index < -0.39 is 5.60 Å². The summed E-state index contributed by atoms with van der Waals surface area (Å²) in [6.45, 7) is 1.04. The van der Waals surface area contributed by atoms with E-state index in [0.717, 1.165) is 25.7 Å². The number of hydrogen-bond donors (Lipinski definition) is 1. The molecule has 2 fully saturated rings. The summed E-state index contributed by atoms with van der Waals surface area (Å²) >= 11 is 0. The van der Waals surface area contributed by atoms with Gasteiger partial charge in [-0.25, -0.2) is 0 Å². The van der Waals surface area contributed by atoms with Crippen LogP contribution in [0.5, 0.6) is 0 Å². The van der Waals surface area contributed by atoms with E-state index in [0.29, 0.717) is 13.1 Å². The van der Waals surface area contributed by atoms with Crippen LogP contribution < -0.4 is 5.32 Å². The van der Waals surface area contributed by atoms with Gasteiger partial charge < -0.3 is 10.1 Å². The van der Waals surface area contributed by atoms with Gasteiger partial charge in [0.05, 0.1) is 25.1 Å². The number of rotatable bonds is 4. The van der Waals surface area contributed by atoms with Gasteiger partial charge >= 0.3 is 5.97 Å². The van der Waals surface area contributed by atoms with Gasteiger partial charge in [-0.1, -0.05) is 5.21 Å². The summed E-state index contributed by atoms with van der Waals surface area (Å²) in [6, 6.07) is 0. The molecular weight excluding hydrogens is 260 g/mol. The highest BCUT2D eigenvalue weighted by atomic mass is 16.6. The predicted octanol–water partition coefficient (Wildman–Crippen LogP) is 0.270. The summed E-state index contributed by atoms with van der Waals surface area (Å²) in [4.78, 5) is 23.8. The van der Waals surface area contributed by atoms with Crippen molar-refractivity contribution in [3.05, 3.63) is 12.4 Å². The highest BCUT2D eigenvalue weighted by molar-refractivity contribution is 5.87. The van der Waals surface area contributed by atoms with Gasteiger partial charge in [0.1, 0.15) is 5.60 Å². The Labute approximate surface area is 116 Å². The second-order valence-corrected chi connectivity index (χ2v) is 5.46. The van der Waals surface area contributed by atoms with Crippen LogP contribution >= 0.6 is 0 Å². The molecule has 0 aromatic carbocycles. The molecule has 0 radical (unpaired) electrons. The third kappa shape index (κ3) is 2.39. The van der Waals surface area contributed by atoms with Crippen LogP contribution in [-0.2, 0) is 20.9 Å². The van der Waals surface area contributed by atoms with Crippen LogP contribution in [0.4, 0.5) is 0 Å². The molecule has 1 aromatic heterocycles. The topological polar surface area (TPSA) is 86.1 Å². The summed E-state index contributed by atoms with van der Waals surface area (Å²) in [5.74, 6) is -0.672. The summed E-state index contributed by atoms with van der Waals surface area (Å²) < 4.78 is 7.12. The van der Waals surface area contributed by atoms with E-state index in [1.165, 1.54) is 0 Å². The summed E-state index contributed by atoms with van der Waals surface area (Å²) in [5.41, 5.74) is -0.533. The van der Waals surface area contributed by atoms with Crippen molar-refractivity contribution in [2.45, 2.75) is 44.2 Å². The minimum atomic E-state index is -0.533. The Morgan fingerprint density at radius 1 is 1.50 bits per heavy atom. The number of carbonyl (C=O) groups is 2. The van der Waals surface area contributed by atoms with Crippen molar-refractivity contribution < 1.29 is 14.3 Å². The smallest absolute Gasteiger partial charge is 0.307 e. The van der Waals surface area contributed by atoms with Crippen molar-refractivity contribution >= 4 is 11.9 Å². The maximum Gasteiger partial charge on any atom is 0.307 e. The molecule has 1 amide bonds. The summed E-state index contributed by atoms with van der Waals surface area (Å²) in [6.07, 6.45) is 7.20. The maximum atomic E-state index is 12.3. The number of nitrogens with one attached hydrogen (secondary N) is 1. The number of aromatic nitrogens is 3. The fourth-order valence-electron chi connectivity index (χ4n) is 3.22. The van der Waals surface area contributed by atoms with Gasteiger partial charge in [-0.2, -0.15) is 0 Å². The van der Waals surface area contributed by atoms with Crippen molar-refractivity contribution in [3.8, 4) is 0 Å². The Balaban J connectivity index is 1.57. The van der Waals surface area contributed by atoms with Crippen LogP contribution in [0, 0.1) is 5.92 Å². The highest BCUT2D eigenvalue weighted by Crippen LogP contribution is 2.45. The Morgan fingerprint density at radius 2 is 2.30 bits per heavy atom. The second kappa shape index (κ2) is 5.22. The zero-order chi connectivity index (χ0) is 14.0. The third-order valence-corrected chi connectivity index (χ3v) is 4.20. The Kier molecular flexibility index (Phi) is 3.42. The van der Waals surface area contributed by atoms with E-state index in [1.807, 2.05) is 0 Å². The first-order chi connectivity index (χ1) is 9.70. The van der Waals surface area contributed by atoms with Crippen LogP contribution in [0.15, 0.2) is 12.4 Å². The van der Waals surface area contributed by atoms with Crippen molar-refractivity contribution in [2.75, 3.05) is 6.54 Å². The quantitative estimate of drug-likeness (QED) is 0.799. The lowest BCUT2D eigenvalue weighted by molar-refractivity contribution is -0.149. The van der Waals surface area contributed by atoms with Crippen molar-refractivity contribution in [2.24, 2.45) is 5.92 Å². The number of nitrogens with zero attached hydrogens (tertiary/aromatic N) is 3. The third-order valence-electron chi connectivity index (χ3n) is 4.20. The first-order valence-corrected chi connectivity index (χ1v) is 7.03. The lowest BCUT2D eigenvalue weighted by atomic mass is 9.85. The molecule has 2 aliphatic rings. The molecule has 1 saturated heterocycles.